The van der Waals surface area contributed by atoms with Crippen LogP contribution < -0.4 is 9.47 Å². The molecule has 0 atom stereocenters. The van der Waals surface area contributed by atoms with Crippen molar-refractivity contribution in [3.8, 4) is 11.5 Å². The predicted molar refractivity (Wildman–Crippen MR) is 74.7 cm³/mol. The van der Waals surface area contributed by atoms with E-state index in [1.165, 1.54) is 13.2 Å². The molecule has 0 saturated heterocycles. The fourth-order valence-corrected chi connectivity index (χ4v) is 1.86. The fourth-order valence-electron chi connectivity index (χ4n) is 1.86. The largest absolute Gasteiger partial charge is 0.496 e. The average Bonchev–Trinajstić information content (AvgIpc) is 2.42. The van der Waals surface area contributed by atoms with Crippen LogP contribution in [0.4, 0.5) is 0 Å². The summed E-state index contributed by atoms with van der Waals surface area (Å²) in [5, 5.41) is 0. The van der Waals surface area contributed by atoms with Gasteiger partial charge in [0.1, 0.15) is 11.5 Å². The number of benzene rings is 1. The number of ether oxygens (including phenoxy) is 3. The van der Waals surface area contributed by atoms with Crippen molar-refractivity contribution >= 4 is 12.0 Å². The van der Waals surface area contributed by atoms with Gasteiger partial charge in [0.2, 0.25) is 0 Å². The first-order valence-electron chi connectivity index (χ1n) is 6.05. The zero-order valence-corrected chi connectivity index (χ0v) is 12.0. The molecule has 104 valence electrons. The molecule has 0 aliphatic carbocycles. The highest BCUT2D eigenvalue weighted by molar-refractivity contribution is 5.87. The molecule has 0 fully saturated rings. The molecule has 19 heavy (non-hydrogen) atoms. The van der Waals surface area contributed by atoms with Crippen LogP contribution in [0.3, 0.4) is 0 Å². The maximum absolute atomic E-state index is 11.1. The van der Waals surface area contributed by atoms with Crippen LogP contribution in [0, 0.1) is 0 Å². The molecule has 0 aliphatic rings. The normalized spacial score (nSPS) is 10.8. The van der Waals surface area contributed by atoms with Crippen molar-refractivity contribution < 1.29 is 19.0 Å². The highest BCUT2D eigenvalue weighted by Crippen LogP contribution is 2.36. The van der Waals surface area contributed by atoms with Crippen LogP contribution in [0.15, 0.2) is 18.2 Å². The SMILES string of the molecule is COC(=O)/C=C/c1cc(OC)c(C(C)C)c(OC)c1. The summed E-state index contributed by atoms with van der Waals surface area (Å²) in [4.78, 5) is 11.1. The molecule has 1 aromatic carbocycles. The standard InChI is InChI=1S/C15H20O4/c1-10(2)15-12(17-3)8-11(9-13(15)18-4)6-7-14(16)19-5/h6-10H,1-5H3/b7-6+. The number of carbonyl (C=O) groups excluding carboxylic acids is 1. The lowest BCUT2D eigenvalue weighted by Gasteiger charge is -2.17. The lowest BCUT2D eigenvalue weighted by molar-refractivity contribution is -0.134. The summed E-state index contributed by atoms with van der Waals surface area (Å²) in [6.07, 6.45) is 3.03. The Bertz CT molecular complexity index is 450. The highest BCUT2D eigenvalue weighted by atomic mass is 16.5. The first kappa shape index (κ1) is 15.1. The maximum Gasteiger partial charge on any atom is 0.330 e. The molecule has 0 N–H and O–H groups in total. The first-order chi connectivity index (χ1) is 9.03. The van der Waals surface area contributed by atoms with Gasteiger partial charge in [-0.05, 0) is 29.7 Å². The third-order valence-electron chi connectivity index (χ3n) is 2.76. The van der Waals surface area contributed by atoms with Gasteiger partial charge in [0.15, 0.2) is 0 Å². The van der Waals surface area contributed by atoms with Crippen LogP contribution in [0.25, 0.3) is 6.08 Å². The Balaban J connectivity index is 3.23. The van der Waals surface area contributed by atoms with Crippen LogP contribution in [0.5, 0.6) is 11.5 Å². The summed E-state index contributed by atoms with van der Waals surface area (Å²) < 4.78 is 15.3. The third-order valence-corrected chi connectivity index (χ3v) is 2.76. The number of methoxy groups -OCH3 is 3. The first-order valence-corrected chi connectivity index (χ1v) is 6.05. The van der Waals surface area contributed by atoms with E-state index in [1.54, 1.807) is 20.3 Å². The van der Waals surface area contributed by atoms with Gasteiger partial charge in [-0.1, -0.05) is 13.8 Å². The minimum Gasteiger partial charge on any atom is -0.496 e. The van der Waals surface area contributed by atoms with Crippen molar-refractivity contribution in [2.24, 2.45) is 0 Å². The van der Waals surface area contributed by atoms with Crippen LogP contribution in [0.1, 0.15) is 30.9 Å². The van der Waals surface area contributed by atoms with Gasteiger partial charge in [0.25, 0.3) is 0 Å². The minimum absolute atomic E-state index is 0.281. The van der Waals surface area contributed by atoms with Gasteiger partial charge in [-0.2, -0.15) is 0 Å². The second kappa shape index (κ2) is 6.83. The molecule has 0 aliphatic heterocycles. The molecule has 0 spiro atoms. The second-order valence-electron chi connectivity index (χ2n) is 4.35. The zero-order valence-electron chi connectivity index (χ0n) is 12.0. The monoisotopic (exact) mass is 264 g/mol. The summed E-state index contributed by atoms with van der Waals surface area (Å²) >= 11 is 0. The van der Waals surface area contributed by atoms with E-state index in [1.807, 2.05) is 12.1 Å². The van der Waals surface area contributed by atoms with Crippen molar-refractivity contribution in [1.82, 2.24) is 0 Å². The summed E-state index contributed by atoms with van der Waals surface area (Å²) in [6.45, 7) is 4.15. The van der Waals surface area contributed by atoms with Gasteiger partial charge in [0, 0.05) is 11.6 Å². The molecule has 4 heteroatoms. The Hall–Kier alpha value is -1.97. The molecule has 0 heterocycles. The smallest absolute Gasteiger partial charge is 0.330 e. The van der Waals surface area contributed by atoms with Gasteiger partial charge < -0.3 is 14.2 Å². The fraction of sp³-hybridized carbons (Fsp3) is 0.400. The molecule has 4 nitrogen and oxygen atoms in total. The number of hydrogen-bond acceptors (Lipinski definition) is 4. The quantitative estimate of drug-likeness (QED) is 0.605. The Morgan fingerprint density at radius 1 is 1.11 bits per heavy atom. The van der Waals surface area contributed by atoms with Crippen molar-refractivity contribution in [2.75, 3.05) is 21.3 Å². The van der Waals surface area contributed by atoms with Gasteiger partial charge >= 0.3 is 5.97 Å². The van der Waals surface area contributed by atoms with E-state index >= 15 is 0 Å². The Morgan fingerprint density at radius 2 is 1.63 bits per heavy atom. The third kappa shape index (κ3) is 3.74. The predicted octanol–water partition coefficient (Wildman–Crippen LogP) is 3.01. The second-order valence-corrected chi connectivity index (χ2v) is 4.35. The summed E-state index contributed by atoms with van der Waals surface area (Å²) in [5.41, 5.74) is 1.84. The molecule has 0 aromatic heterocycles. The number of rotatable bonds is 5. The van der Waals surface area contributed by atoms with E-state index in [4.69, 9.17) is 9.47 Å². The topological polar surface area (TPSA) is 44.8 Å². The van der Waals surface area contributed by atoms with Crippen molar-refractivity contribution in [1.29, 1.82) is 0 Å². The molecule has 1 rings (SSSR count). The highest BCUT2D eigenvalue weighted by Gasteiger charge is 2.14. The zero-order chi connectivity index (χ0) is 14.4. The Morgan fingerprint density at radius 3 is 2.00 bits per heavy atom. The lowest BCUT2D eigenvalue weighted by atomic mass is 9.98. The van der Waals surface area contributed by atoms with E-state index in [0.29, 0.717) is 0 Å². The van der Waals surface area contributed by atoms with Crippen molar-refractivity contribution in [2.45, 2.75) is 19.8 Å². The minimum atomic E-state index is -0.397. The van der Waals surface area contributed by atoms with Gasteiger partial charge in [0.05, 0.1) is 21.3 Å². The van der Waals surface area contributed by atoms with Crippen LogP contribution in [-0.2, 0) is 9.53 Å². The number of carbonyl (C=O) groups is 1. The average molecular weight is 264 g/mol. The number of hydrogen-bond donors (Lipinski definition) is 0. The molecule has 0 unspecified atom stereocenters. The van der Waals surface area contributed by atoms with Gasteiger partial charge in [-0.3, -0.25) is 0 Å². The van der Waals surface area contributed by atoms with Crippen molar-refractivity contribution in [3.05, 3.63) is 29.3 Å². The van der Waals surface area contributed by atoms with Crippen LogP contribution in [-0.4, -0.2) is 27.3 Å². The molecule has 1 aromatic rings. The van der Waals surface area contributed by atoms with E-state index in [-0.39, 0.29) is 5.92 Å². The Labute approximate surface area is 114 Å². The van der Waals surface area contributed by atoms with Crippen molar-refractivity contribution in [3.63, 3.8) is 0 Å². The van der Waals surface area contributed by atoms with E-state index in [9.17, 15) is 4.79 Å². The molecule has 0 radical (unpaired) electrons. The molecule has 0 bridgehead atoms. The van der Waals surface area contributed by atoms with E-state index in [2.05, 4.69) is 18.6 Å². The Kier molecular flexibility index (Phi) is 5.42. The molecular weight excluding hydrogens is 244 g/mol. The molecular formula is C15H20O4. The lowest BCUT2D eigenvalue weighted by Crippen LogP contribution is -2.00. The summed E-state index contributed by atoms with van der Waals surface area (Å²) in [5.74, 6) is 1.38. The maximum atomic E-state index is 11.1. The summed E-state index contributed by atoms with van der Waals surface area (Å²) in [7, 11) is 4.58. The van der Waals surface area contributed by atoms with Crippen LogP contribution >= 0.6 is 0 Å². The van der Waals surface area contributed by atoms with Gasteiger partial charge in [-0.25, -0.2) is 4.79 Å². The molecule has 0 saturated carbocycles. The van der Waals surface area contributed by atoms with E-state index < -0.39 is 5.97 Å². The van der Waals surface area contributed by atoms with Crippen LogP contribution in [0.2, 0.25) is 0 Å². The van der Waals surface area contributed by atoms with Gasteiger partial charge in [-0.15, -0.1) is 0 Å². The van der Waals surface area contributed by atoms with E-state index in [0.717, 1.165) is 22.6 Å². The summed E-state index contributed by atoms with van der Waals surface area (Å²) in [6, 6.07) is 3.74. The number of esters is 1. The molecule has 0 amide bonds.